The van der Waals surface area contributed by atoms with Gasteiger partial charge in [0.05, 0.1) is 17.8 Å². The third kappa shape index (κ3) is 4.06. The Labute approximate surface area is 163 Å². The van der Waals surface area contributed by atoms with Gasteiger partial charge in [0.2, 0.25) is 5.91 Å². The molecule has 1 N–H and O–H groups in total. The first-order valence-corrected chi connectivity index (χ1v) is 8.82. The molecular formula is C20H22N6O2. The lowest BCUT2D eigenvalue weighted by molar-refractivity contribution is -0.116. The van der Waals surface area contributed by atoms with Gasteiger partial charge in [0.15, 0.2) is 0 Å². The molecule has 0 saturated heterocycles. The predicted molar refractivity (Wildman–Crippen MR) is 105 cm³/mol. The van der Waals surface area contributed by atoms with Crippen LogP contribution in [0.2, 0.25) is 0 Å². The third-order valence-corrected chi connectivity index (χ3v) is 4.40. The molecule has 0 spiro atoms. The average Bonchev–Trinajstić information content (AvgIpc) is 3.18. The van der Waals surface area contributed by atoms with Crippen LogP contribution in [0.1, 0.15) is 27.0 Å². The number of carbonyl (C=O) groups is 2. The molecule has 0 unspecified atom stereocenters. The Balaban J connectivity index is 1.74. The number of aromatic nitrogens is 4. The van der Waals surface area contributed by atoms with Crippen molar-refractivity contribution in [3.8, 4) is 5.69 Å². The normalized spacial score (nSPS) is 10.6. The summed E-state index contributed by atoms with van der Waals surface area (Å²) >= 11 is 0. The second-order valence-electron chi connectivity index (χ2n) is 6.75. The summed E-state index contributed by atoms with van der Waals surface area (Å²) in [6.07, 6.45) is 1.42. The molecule has 0 atom stereocenters. The molecule has 28 heavy (non-hydrogen) atoms. The molecular weight excluding hydrogens is 356 g/mol. The summed E-state index contributed by atoms with van der Waals surface area (Å²) in [5.41, 5.74) is 4.86. The van der Waals surface area contributed by atoms with Gasteiger partial charge in [0.25, 0.3) is 5.91 Å². The van der Waals surface area contributed by atoms with Crippen molar-refractivity contribution in [1.29, 1.82) is 0 Å². The number of para-hydroxylation sites is 1. The standard InChI is InChI=1S/C20H22N6O2/c1-13-9-14(2)19(15(3)10-13)22-18(27)11-25(4)20(28)16-7-5-6-8-17(16)26-12-21-23-24-26/h5-10,12H,11H2,1-4H3,(H,22,27). The van der Waals surface area contributed by atoms with Crippen LogP contribution in [0.5, 0.6) is 0 Å². The Bertz CT molecular complexity index is 990. The Kier molecular flexibility index (Phi) is 5.49. The third-order valence-electron chi connectivity index (χ3n) is 4.40. The van der Waals surface area contributed by atoms with Gasteiger partial charge in [-0.3, -0.25) is 9.59 Å². The van der Waals surface area contributed by atoms with Gasteiger partial charge in [0.1, 0.15) is 6.33 Å². The second-order valence-corrected chi connectivity index (χ2v) is 6.75. The molecule has 0 radical (unpaired) electrons. The number of rotatable bonds is 5. The Morgan fingerprint density at radius 1 is 1.11 bits per heavy atom. The predicted octanol–water partition coefficient (Wildman–Crippen LogP) is 2.30. The number of hydrogen-bond acceptors (Lipinski definition) is 5. The first-order valence-electron chi connectivity index (χ1n) is 8.82. The second kappa shape index (κ2) is 7.99. The fraction of sp³-hybridized carbons (Fsp3) is 0.250. The maximum atomic E-state index is 12.9. The number of nitrogens with one attached hydrogen (secondary N) is 1. The number of benzene rings is 2. The summed E-state index contributed by atoms with van der Waals surface area (Å²) in [7, 11) is 1.59. The molecule has 0 aliphatic carbocycles. The van der Waals surface area contributed by atoms with E-state index in [1.807, 2.05) is 32.9 Å². The molecule has 3 rings (SSSR count). The van der Waals surface area contributed by atoms with Crippen molar-refractivity contribution in [2.75, 3.05) is 18.9 Å². The highest BCUT2D eigenvalue weighted by Gasteiger charge is 2.20. The van der Waals surface area contributed by atoms with Gasteiger partial charge in [-0.25, -0.2) is 0 Å². The van der Waals surface area contributed by atoms with Crippen LogP contribution in [0.25, 0.3) is 5.69 Å². The van der Waals surface area contributed by atoms with E-state index in [0.717, 1.165) is 22.4 Å². The number of amides is 2. The van der Waals surface area contributed by atoms with E-state index in [4.69, 9.17) is 0 Å². The van der Waals surface area contributed by atoms with Gasteiger partial charge in [0, 0.05) is 12.7 Å². The Hall–Kier alpha value is -3.55. The number of aryl methyl sites for hydroxylation is 3. The first kappa shape index (κ1) is 19.2. The lowest BCUT2D eigenvalue weighted by Gasteiger charge is -2.19. The van der Waals surface area contributed by atoms with Crippen LogP contribution < -0.4 is 5.32 Å². The highest BCUT2D eigenvalue weighted by atomic mass is 16.2. The first-order chi connectivity index (χ1) is 13.4. The monoisotopic (exact) mass is 378 g/mol. The van der Waals surface area contributed by atoms with E-state index >= 15 is 0 Å². The van der Waals surface area contributed by atoms with E-state index in [1.165, 1.54) is 15.9 Å². The molecule has 0 bridgehead atoms. The molecule has 0 aliphatic rings. The summed E-state index contributed by atoms with van der Waals surface area (Å²) in [5, 5.41) is 14.0. The lowest BCUT2D eigenvalue weighted by atomic mass is 10.1. The maximum Gasteiger partial charge on any atom is 0.256 e. The molecule has 2 aromatic carbocycles. The van der Waals surface area contributed by atoms with Gasteiger partial charge in [-0.05, 0) is 54.5 Å². The quantitative estimate of drug-likeness (QED) is 0.735. The largest absolute Gasteiger partial charge is 0.332 e. The zero-order valence-electron chi connectivity index (χ0n) is 16.3. The fourth-order valence-corrected chi connectivity index (χ4v) is 3.17. The van der Waals surface area contributed by atoms with Crippen LogP contribution in [-0.2, 0) is 4.79 Å². The summed E-state index contributed by atoms with van der Waals surface area (Å²) in [6, 6.07) is 11.0. The van der Waals surface area contributed by atoms with Crippen LogP contribution >= 0.6 is 0 Å². The van der Waals surface area contributed by atoms with Gasteiger partial charge in [-0.1, -0.05) is 29.8 Å². The smallest absolute Gasteiger partial charge is 0.256 e. The fourth-order valence-electron chi connectivity index (χ4n) is 3.17. The van der Waals surface area contributed by atoms with Crippen LogP contribution in [-0.4, -0.2) is 50.5 Å². The van der Waals surface area contributed by atoms with E-state index in [-0.39, 0.29) is 18.4 Å². The van der Waals surface area contributed by atoms with E-state index in [1.54, 1.807) is 31.3 Å². The molecule has 2 amide bonds. The minimum Gasteiger partial charge on any atom is -0.332 e. The lowest BCUT2D eigenvalue weighted by Crippen LogP contribution is -2.35. The molecule has 0 fully saturated rings. The van der Waals surface area contributed by atoms with Crippen LogP contribution in [0.4, 0.5) is 5.69 Å². The Morgan fingerprint density at radius 2 is 1.79 bits per heavy atom. The summed E-state index contributed by atoms with van der Waals surface area (Å²) < 4.78 is 1.42. The molecule has 3 aromatic rings. The number of likely N-dealkylation sites (N-methyl/N-ethyl adjacent to an activating group) is 1. The van der Waals surface area contributed by atoms with E-state index < -0.39 is 0 Å². The van der Waals surface area contributed by atoms with Crippen molar-refractivity contribution in [1.82, 2.24) is 25.1 Å². The molecule has 144 valence electrons. The highest BCUT2D eigenvalue weighted by molar-refractivity contribution is 6.01. The van der Waals surface area contributed by atoms with Crippen molar-refractivity contribution >= 4 is 17.5 Å². The summed E-state index contributed by atoms with van der Waals surface area (Å²) in [6.45, 7) is 5.84. The molecule has 8 nitrogen and oxygen atoms in total. The van der Waals surface area contributed by atoms with Gasteiger partial charge >= 0.3 is 0 Å². The number of carbonyl (C=O) groups excluding carboxylic acids is 2. The topological polar surface area (TPSA) is 93.0 Å². The van der Waals surface area contributed by atoms with Crippen molar-refractivity contribution in [3.63, 3.8) is 0 Å². The van der Waals surface area contributed by atoms with Crippen molar-refractivity contribution in [2.24, 2.45) is 0 Å². The summed E-state index contributed by atoms with van der Waals surface area (Å²) in [4.78, 5) is 26.8. The van der Waals surface area contributed by atoms with Gasteiger partial charge < -0.3 is 10.2 Å². The molecule has 0 saturated carbocycles. The van der Waals surface area contributed by atoms with Crippen molar-refractivity contribution < 1.29 is 9.59 Å². The molecule has 1 aromatic heterocycles. The zero-order valence-corrected chi connectivity index (χ0v) is 16.3. The molecule has 0 aliphatic heterocycles. The number of hydrogen-bond donors (Lipinski definition) is 1. The average molecular weight is 378 g/mol. The SMILES string of the molecule is Cc1cc(C)c(NC(=O)CN(C)C(=O)c2ccccc2-n2cnnn2)c(C)c1. The minimum absolute atomic E-state index is 0.0739. The number of tetrazole rings is 1. The van der Waals surface area contributed by atoms with Crippen molar-refractivity contribution in [2.45, 2.75) is 20.8 Å². The van der Waals surface area contributed by atoms with Crippen LogP contribution in [0.15, 0.2) is 42.7 Å². The molecule has 1 heterocycles. The summed E-state index contributed by atoms with van der Waals surface area (Å²) in [5.74, 6) is -0.551. The zero-order chi connectivity index (χ0) is 20.3. The van der Waals surface area contributed by atoms with Crippen LogP contribution in [0.3, 0.4) is 0 Å². The highest BCUT2D eigenvalue weighted by Crippen LogP contribution is 2.22. The van der Waals surface area contributed by atoms with E-state index in [2.05, 4.69) is 20.8 Å². The number of anilines is 1. The van der Waals surface area contributed by atoms with E-state index in [9.17, 15) is 9.59 Å². The maximum absolute atomic E-state index is 12.9. The Morgan fingerprint density at radius 3 is 2.43 bits per heavy atom. The molecule has 8 heteroatoms. The minimum atomic E-state index is -0.293. The van der Waals surface area contributed by atoms with Crippen LogP contribution in [0, 0.1) is 20.8 Å². The number of nitrogens with zero attached hydrogens (tertiary/aromatic N) is 5. The van der Waals surface area contributed by atoms with E-state index in [0.29, 0.717) is 11.3 Å². The van der Waals surface area contributed by atoms with Gasteiger partial charge in [-0.2, -0.15) is 4.68 Å². The van der Waals surface area contributed by atoms with Gasteiger partial charge in [-0.15, -0.1) is 5.10 Å². The van der Waals surface area contributed by atoms with Crippen molar-refractivity contribution in [3.05, 3.63) is 65.0 Å².